The molecule has 90 valence electrons. The van der Waals surface area contributed by atoms with Crippen LogP contribution < -0.4 is 5.32 Å². The third kappa shape index (κ3) is 3.23. The molecule has 0 spiro atoms. The van der Waals surface area contributed by atoms with Gasteiger partial charge in [0, 0.05) is 6.54 Å². The Labute approximate surface area is 105 Å². The zero-order valence-electron chi connectivity index (χ0n) is 9.93. The van der Waals surface area contributed by atoms with E-state index in [0.29, 0.717) is 0 Å². The van der Waals surface area contributed by atoms with Crippen LogP contribution in [0.25, 0.3) is 0 Å². The van der Waals surface area contributed by atoms with Crippen LogP contribution in [0.5, 0.6) is 0 Å². The second kappa shape index (κ2) is 5.72. The molecular weight excluding hydrogens is 234 g/mol. The molecule has 2 aromatic heterocycles. The number of aromatic nitrogens is 2. The van der Waals surface area contributed by atoms with Crippen molar-refractivity contribution in [2.24, 2.45) is 0 Å². The van der Waals surface area contributed by atoms with Crippen LogP contribution in [0, 0.1) is 6.92 Å². The van der Waals surface area contributed by atoms with E-state index < -0.39 is 0 Å². The van der Waals surface area contributed by atoms with Gasteiger partial charge in [0.1, 0.15) is 16.6 Å². The first kappa shape index (κ1) is 12.0. The van der Waals surface area contributed by atoms with E-state index in [-0.39, 0.29) is 0 Å². The summed E-state index contributed by atoms with van der Waals surface area (Å²) in [6.45, 7) is 4.97. The van der Waals surface area contributed by atoms with Gasteiger partial charge in [0.25, 0.3) is 0 Å². The number of hydrogen-bond donors (Lipinski definition) is 1. The van der Waals surface area contributed by atoms with Crippen LogP contribution in [-0.4, -0.2) is 16.5 Å². The fourth-order valence-electron chi connectivity index (χ4n) is 1.33. The molecule has 0 aliphatic carbocycles. The predicted octanol–water partition coefficient (Wildman–Crippen LogP) is 3.35. The molecule has 0 radical (unpaired) electrons. The van der Waals surface area contributed by atoms with Crippen LogP contribution in [0.2, 0.25) is 0 Å². The Hall–Kier alpha value is -1.49. The predicted molar refractivity (Wildman–Crippen MR) is 68.4 cm³/mol. The summed E-state index contributed by atoms with van der Waals surface area (Å²) >= 11 is 1.56. The molecule has 0 saturated carbocycles. The van der Waals surface area contributed by atoms with Gasteiger partial charge in [-0.3, -0.25) is 4.98 Å². The molecule has 0 aliphatic rings. The van der Waals surface area contributed by atoms with Crippen molar-refractivity contribution in [3.05, 3.63) is 30.5 Å². The van der Waals surface area contributed by atoms with Crippen molar-refractivity contribution in [3.8, 4) is 0 Å². The lowest BCUT2D eigenvalue weighted by molar-refractivity contribution is 0.527. The number of aryl methyl sites for hydroxylation is 1. The summed E-state index contributed by atoms with van der Waals surface area (Å²) in [7, 11) is 0. The third-order valence-corrected chi connectivity index (χ3v) is 3.24. The first-order chi connectivity index (χ1) is 8.29. The Kier molecular flexibility index (Phi) is 4.03. The lowest BCUT2D eigenvalue weighted by atomic mass is 10.5. The molecule has 0 aliphatic heterocycles. The minimum atomic E-state index is 0.818. The Balaban J connectivity index is 2.08. The van der Waals surface area contributed by atoms with E-state index in [2.05, 4.69) is 22.2 Å². The van der Waals surface area contributed by atoms with Crippen LogP contribution in [0.15, 0.2) is 39.1 Å². The third-order valence-electron chi connectivity index (χ3n) is 2.19. The summed E-state index contributed by atoms with van der Waals surface area (Å²) in [6.07, 6.45) is 6.25. The maximum atomic E-state index is 5.25. The molecule has 1 N–H and O–H groups in total. The topological polar surface area (TPSA) is 51.0 Å². The monoisotopic (exact) mass is 249 g/mol. The highest BCUT2D eigenvalue weighted by Crippen LogP contribution is 2.29. The molecule has 0 aromatic carbocycles. The van der Waals surface area contributed by atoms with Crippen LogP contribution >= 0.6 is 11.8 Å². The molecule has 0 atom stereocenters. The summed E-state index contributed by atoms with van der Waals surface area (Å²) in [5, 5.41) is 4.09. The van der Waals surface area contributed by atoms with E-state index in [0.717, 1.165) is 34.5 Å². The van der Waals surface area contributed by atoms with Crippen molar-refractivity contribution in [2.75, 3.05) is 11.9 Å². The number of anilines is 1. The Bertz CT molecular complexity index is 484. The number of hydrogen-bond acceptors (Lipinski definition) is 5. The lowest BCUT2D eigenvalue weighted by Crippen LogP contribution is -2.02. The van der Waals surface area contributed by atoms with Gasteiger partial charge >= 0.3 is 0 Å². The molecule has 2 rings (SSSR count). The molecule has 4 nitrogen and oxygen atoms in total. The minimum absolute atomic E-state index is 0.818. The van der Waals surface area contributed by atoms with Crippen LogP contribution in [-0.2, 0) is 0 Å². The molecule has 0 saturated heterocycles. The highest BCUT2D eigenvalue weighted by atomic mass is 32.2. The standard InChI is InChI=1S/C12H15N3OS/c1-3-5-14-11-7-13-8-12(15-11)17-10-4-6-16-9(10)2/h4,6-8H,3,5H2,1-2H3,(H,14,15). The Morgan fingerprint density at radius 3 is 3.00 bits per heavy atom. The van der Waals surface area contributed by atoms with E-state index in [4.69, 9.17) is 4.42 Å². The average molecular weight is 249 g/mol. The largest absolute Gasteiger partial charge is 0.468 e. The van der Waals surface area contributed by atoms with Crippen molar-refractivity contribution in [1.82, 2.24) is 9.97 Å². The summed E-state index contributed by atoms with van der Waals surface area (Å²) in [5.41, 5.74) is 0. The normalized spacial score (nSPS) is 10.5. The van der Waals surface area contributed by atoms with Gasteiger partial charge in [-0.1, -0.05) is 18.7 Å². The van der Waals surface area contributed by atoms with Gasteiger partial charge in [-0.15, -0.1) is 0 Å². The van der Waals surface area contributed by atoms with E-state index >= 15 is 0 Å². The smallest absolute Gasteiger partial charge is 0.145 e. The minimum Gasteiger partial charge on any atom is -0.468 e. The van der Waals surface area contributed by atoms with Crippen molar-refractivity contribution in [1.29, 1.82) is 0 Å². The molecule has 2 heterocycles. The SMILES string of the molecule is CCCNc1cncc(Sc2ccoc2C)n1. The van der Waals surface area contributed by atoms with E-state index in [1.807, 2.05) is 13.0 Å². The molecule has 0 unspecified atom stereocenters. The summed E-state index contributed by atoms with van der Waals surface area (Å²) < 4.78 is 5.25. The summed E-state index contributed by atoms with van der Waals surface area (Å²) in [4.78, 5) is 9.72. The van der Waals surface area contributed by atoms with E-state index in [1.165, 1.54) is 0 Å². The zero-order chi connectivity index (χ0) is 12.1. The molecule has 0 fully saturated rings. The molecular formula is C12H15N3OS. The molecule has 2 aromatic rings. The number of nitrogens with one attached hydrogen (secondary N) is 1. The van der Waals surface area contributed by atoms with Gasteiger partial charge in [0.2, 0.25) is 0 Å². The van der Waals surface area contributed by atoms with E-state index in [1.54, 1.807) is 30.4 Å². The second-order valence-corrected chi connectivity index (χ2v) is 4.67. The number of rotatable bonds is 5. The van der Waals surface area contributed by atoms with Crippen molar-refractivity contribution in [2.45, 2.75) is 30.2 Å². The molecule has 17 heavy (non-hydrogen) atoms. The van der Waals surface area contributed by atoms with Crippen molar-refractivity contribution < 1.29 is 4.42 Å². The molecule has 0 amide bonds. The maximum Gasteiger partial charge on any atom is 0.145 e. The first-order valence-corrected chi connectivity index (χ1v) is 6.39. The Morgan fingerprint density at radius 2 is 2.29 bits per heavy atom. The Morgan fingerprint density at radius 1 is 1.41 bits per heavy atom. The first-order valence-electron chi connectivity index (χ1n) is 5.57. The van der Waals surface area contributed by atoms with Gasteiger partial charge in [-0.25, -0.2) is 4.98 Å². The van der Waals surface area contributed by atoms with Gasteiger partial charge in [0.05, 0.1) is 23.6 Å². The van der Waals surface area contributed by atoms with Crippen molar-refractivity contribution in [3.63, 3.8) is 0 Å². The molecule has 0 bridgehead atoms. The second-order valence-electron chi connectivity index (χ2n) is 3.61. The van der Waals surface area contributed by atoms with Crippen molar-refractivity contribution >= 4 is 17.6 Å². The maximum absolute atomic E-state index is 5.25. The van der Waals surface area contributed by atoms with Crippen LogP contribution in [0.1, 0.15) is 19.1 Å². The highest BCUT2D eigenvalue weighted by Gasteiger charge is 2.05. The number of furan rings is 1. The fourth-order valence-corrected chi connectivity index (χ4v) is 2.13. The lowest BCUT2D eigenvalue weighted by Gasteiger charge is -2.04. The van der Waals surface area contributed by atoms with Crippen LogP contribution in [0.4, 0.5) is 5.82 Å². The summed E-state index contributed by atoms with van der Waals surface area (Å²) in [6, 6.07) is 1.94. The zero-order valence-corrected chi connectivity index (χ0v) is 10.8. The quantitative estimate of drug-likeness (QED) is 0.880. The fraction of sp³-hybridized carbons (Fsp3) is 0.333. The van der Waals surface area contributed by atoms with Gasteiger partial charge in [0.15, 0.2) is 0 Å². The van der Waals surface area contributed by atoms with Gasteiger partial charge in [-0.05, 0) is 19.4 Å². The van der Waals surface area contributed by atoms with Gasteiger partial charge < -0.3 is 9.73 Å². The van der Waals surface area contributed by atoms with Crippen LogP contribution in [0.3, 0.4) is 0 Å². The van der Waals surface area contributed by atoms with Gasteiger partial charge in [-0.2, -0.15) is 0 Å². The molecule has 5 heteroatoms. The summed E-state index contributed by atoms with van der Waals surface area (Å²) in [5.74, 6) is 1.72. The highest BCUT2D eigenvalue weighted by molar-refractivity contribution is 7.99. The number of nitrogens with zero attached hydrogens (tertiary/aromatic N) is 2. The average Bonchev–Trinajstić information content (AvgIpc) is 2.73. The van der Waals surface area contributed by atoms with E-state index in [9.17, 15) is 0 Å².